The van der Waals surface area contributed by atoms with Crippen LogP contribution >= 0.6 is 15.9 Å². The number of carbonyl (C=O) groups excluding carboxylic acids is 1. The molecule has 2 aromatic rings. The van der Waals surface area contributed by atoms with Crippen LogP contribution in [-0.2, 0) is 9.53 Å². The number of halogens is 2. The number of rotatable bonds is 3. The third-order valence-corrected chi connectivity index (χ3v) is 4.12. The van der Waals surface area contributed by atoms with Crippen molar-refractivity contribution in [3.63, 3.8) is 0 Å². The van der Waals surface area contributed by atoms with Crippen LogP contribution in [0.25, 0.3) is 6.08 Å². The van der Waals surface area contributed by atoms with E-state index in [9.17, 15) is 9.18 Å². The van der Waals surface area contributed by atoms with Crippen LogP contribution < -0.4 is 4.90 Å². The lowest BCUT2D eigenvalue weighted by molar-refractivity contribution is -0.129. The Labute approximate surface area is 147 Å². The van der Waals surface area contributed by atoms with Gasteiger partial charge in [-0.1, -0.05) is 18.2 Å². The number of carbonyl (C=O) groups is 1. The molecule has 1 heterocycles. The third-order valence-electron chi connectivity index (χ3n) is 3.48. The molecule has 2 aromatic carbocycles. The summed E-state index contributed by atoms with van der Waals surface area (Å²) in [6, 6.07) is 11.7. The van der Waals surface area contributed by atoms with E-state index in [4.69, 9.17) is 4.74 Å². The first kappa shape index (κ1) is 16.4. The van der Waals surface area contributed by atoms with Crippen molar-refractivity contribution < 1.29 is 13.9 Å². The van der Waals surface area contributed by atoms with E-state index in [2.05, 4.69) is 20.9 Å². The Morgan fingerprint density at radius 2 is 1.96 bits per heavy atom. The number of benzene rings is 2. The van der Waals surface area contributed by atoms with Crippen LogP contribution in [0.3, 0.4) is 0 Å². The Balaban J connectivity index is 1.95. The van der Waals surface area contributed by atoms with E-state index in [-0.39, 0.29) is 17.2 Å². The zero-order chi connectivity index (χ0) is 17.3. The van der Waals surface area contributed by atoms with Crippen LogP contribution in [0.5, 0.6) is 0 Å². The summed E-state index contributed by atoms with van der Waals surface area (Å²) in [5.74, 6) is -1.10. The molecular formula is C18H14BrFN2O2. The molecule has 0 spiro atoms. The summed E-state index contributed by atoms with van der Waals surface area (Å²) in [5.41, 5.74) is 2.11. The lowest BCUT2D eigenvalue weighted by atomic mass is 10.1. The van der Waals surface area contributed by atoms with Gasteiger partial charge in [0.2, 0.25) is 5.90 Å². The zero-order valence-electron chi connectivity index (χ0n) is 13.1. The second-order valence-corrected chi connectivity index (χ2v) is 6.28. The van der Waals surface area contributed by atoms with E-state index in [0.717, 1.165) is 15.7 Å². The lowest BCUT2D eigenvalue weighted by Crippen LogP contribution is -2.09. The average molecular weight is 389 g/mol. The van der Waals surface area contributed by atoms with Gasteiger partial charge >= 0.3 is 5.97 Å². The number of hydrogen-bond donors (Lipinski definition) is 0. The number of nitrogens with zero attached hydrogens (tertiary/aromatic N) is 2. The highest BCUT2D eigenvalue weighted by molar-refractivity contribution is 9.10. The second kappa shape index (κ2) is 6.57. The number of anilines is 1. The molecule has 0 atom stereocenters. The minimum atomic E-state index is -0.596. The van der Waals surface area contributed by atoms with Gasteiger partial charge in [0.25, 0.3) is 0 Å². The molecule has 3 rings (SSSR count). The van der Waals surface area contributed by atoms with Gasteiger partial charge in [-0.3, -0.25) is 0 Å². The maximum absolute atomic E-state index is 13.8. The zero-order valence-corrected chi connectivity index (χ0v) is 14.7. The number of ether oxygens (including phenoxy) is 1. The average Bonchev–Trinajstić information content (AvgIpc) is 2.88. The second-order valence-electron chi connectivity index (χ2n) is 5.42. The molecule has 0 aromatic heterocycles. The van der Waals surface area contributed by atoms with Crippen LogP contribution in [0.1, 0.15) is 11.1 Å². The highest BCUT2D eigenvalue weighted by Crippen LogP contribution is 2.28. The maximum atomic E-state index is 13.8. The van der Waals surface area contributed by atoms with E-state index in [1.807, 2.05) is 37.2 Å². The fourth-order valence-electron chi connectivity index (χ4n) is 2.29. The van der Waals surface area contributed by atoms with Gasteiger partial charge < -0.3 is 9.64 Å². The third kappa shape index (κ3) is 3.23. The molecule has 0 radical (unpaired) electrons. The van der Waals surface area contributed by atoms with Crippen molar-refractivity contribution in [2.75, 3.05) is 19.0 Å². The summed E-state index contributed by atoms with van der Waals surface area (Å²) in [6.45, 7) is 0. The molecule has 6 heteroatoms. The molecule has 0 saturated carbocycles. The summed E-state index contributed by atoms with van der Waals surface area (Å²) >= 11 is 3.50. The topological polar surface area (TPSA) is 41.9 Å². The Morgan fingerprint density at radius 3 is 2.62 bits per heavy atom. The Morgan fingerprint density at radius 1 is 1.21 bits per heavy atom. The Kier molecular flexibility index (Phi) is 4.49. The number of esters is 1. The summed E-state index contributed by atoms with van der Waals surface area (Å²) < 4.78 is 19.8. The SMILES string of the molecule is CN(C)c1ccc(/C=C2\N=C(c3ccccc3F)OC2=O)cc1Br. The minimum absolute atomic E-state index is 0.0201. The van der Waals surface area contributed by atoms with Crippen molar-refractivity contribution in [3.05, 3.63) is 69.6 Å². The van der Waals surface area contributed by atoms with Gasteiger partial charge in [-0.05, 0) is 51.8 Å². The molecule has 0 fully saturated rings. The maximum Gasteiger partial charge on any atom is 0.363 e. The normalized spacial score (nSPS) is 15.4. The number of hydrogen-bond acceptors (Lipinski definition) is 4. The van der Waals surface area contributed by atoms with Gasteiger partial charge in [0.15, 0.2) is 5.70 Å². The van der Waals surface area contributed by atoms with Crippen LogP contribution in [-0.4, -0.2) is 26.0 Å². The van der Waals surface area contributed by atoms with Gasteiger partial charge in [-0.15, -0.1) is 0 Å². The molecule has 0 bridgehead atoms. The molecule has 0 N–H and O–H groups in total. The van der Waals surface area contributed by atoms with Crippen LogP contribution in [0.15, 0.2) is 57.6 Å². The van der Waals surface area contributed by atoms with Crippen molar-refractivity contribution in [2.24, 2.45) is 4.99 Å². The van der Waals surface area contributed by atoms with E-state index in [1.54, 1.807) is 18.2 Å². The molecule has 0 aliphatic carbocycles. The van der Waals surface area contributed by atoms with Gasteiger partial charge in [-0.25, -0.2) is 14.2 Å². The van der Waals surface area contributed by atoms with Crippen molar-refractivity contribution in [3.8, 4) is 0 Å². The first-order valence-corrected chi connectivity index (χ1v) is 7.99. The summed E-state index contributed by atoms with van der Waals surface area (Å²) in [5, 5.41) is 0. The molecule has 4 nitrogen and oxygen atoms in total. The summed E-state index contributed by atoms with van der Waals surface area (Å²) in [6.07, 6.45) is 1.61. The molecule has 1 aliphatic rings. The summed E-state index contributed by atoms with van der Waals surface area (Å²) in [7, 11) is 3.88. The molecule has 0 saturated heterocycles. The van der Waals surface area contributed by atoms with E-state index in [1.165, 1.54) is 12.1 Å². The van der Waals surface area contributed by atoms with Crippen molar-refractivity contribution >= 4 is 39.6 Å². The standard InChI is InChI=1S/C18H14BrFN2O2/c1-22(2)16-8-7-11(9-13(16)19)10-15-18(23)24-17(21-15)12-5-3-4-6-14(12)20/h3-10H,1-2H3/b15-10-. The minimum Gasteiger partial charge on any atom is -0.402 e. The molecule has 24 heavy (non-hydrogen) atoms. The van der Waals surface area contributed by atoms with Crippen molar-refractivity contribution in [1.29, 1.82) is 0 Å². The van der Waals surface area contributed by atoms with Gasteiger partial charge in [-0.2, -0.15) is 0 Å². The fraction of sp³-hybridized carbons (Fsp3) is 0.111. The smallest absolute Gasteiger partial charge is 0.363 e. The number of cyclic esters (lactones) is 1. The lowest BCUT2D eigenvalue weighted by Gasteiger charge is -2.14. The monoisotopic (exact) mass is 388 g/mol. The van der Waals surface area contributed by atoms with E-state index >= 15 is 0 Å². The first-order chi connectivity index (χ1) is 11.5. The van der Waals surface area contributed by atoms with Crippen molar-refractivity contribution in [2.45, 2.75) is 0 Å². The van der Waals surface area contributed by atoms with Crippen LogP contribution in [0.4, 0.5) is 10.1 Å². The molecule has 122 valence electrons. The van der Waals surface area contributed by atoms with E-state index in [0.29, 0.717) is 0 Å². The highest BCUT2D eigenvalue weighted by Gasteiger charge is 2.25. The van der Waals surface area contributed by atoms with Gasteiger partial charge in [0.05, 0.1) is 11.3 Å². The first-order valence-electron chi connectivity index (χ1n) is 7.20. The van der Waals surface area contributed by atoms with Gasteiger partial charge in [0.1, 0.15) is 5.82 Å². The number of aliphatic imine (C=N–C) groups is 1. The van der Waals surface area contributed by atoms with Crippen LogP contribution in [0, 0.1) is 5.82 Å². The largest absolute Gasteiger partial charge is 0.402 e. The van der Waals surface area contributed by atoms with Crippen molar-refractivity contribution in [1.82, 2.24) is 0 Å². The molecule has 0 unspecified atom stereocenters. The molecular weight excluding hydrogens is 375 g/mol. The fourth-order valence-corrected chi connectivity index (χ4v) is 3.04. The highest BCUT2D eigenvalue weighted by atomic mass is 79.9. The van der Waals surface area contributed by atoms with Gasteiger partial charge in [0, 0.05) is 18.6 Å². The molecule has 1 aliphatic heterocycles. The Bertz CT molecular complexity index is 875. The summed E-state index contributed by atoms with van der Waals surface area (Å²) in [4.78, 5) is 18.1. The quantitative estimate of drug-likeness (QED) is 0.589. The van der Waals surface area contributed by atoms with Crippen LogP contribution in [0.2, 0.25) is 0 Å². The Hall–Kier alpha value is -2.47. The van der Waals surface area contributed by atoms with E-state index < -0.39 is 11.8 Å². The molecule has 0 amide bonds. The predicted octanol–water partition coefficient (Wildman–Crippen LogP) is 4.00. The predicted molar refractivity (Wildman–Crippen MR) is 95.5 cm³/mol.